The highest BCUT2D eigenvalue weighted by Crippen LogP contribution is 2.28. The van der Waals surface area contributed by atoms with Crippen LogP contribution >= 0.6 is 0 Å². The highest BCUT2D eigenvalue weighted by atomic mass is 16.6. The summed E-state index contributed by atoms with van der Waals surface area (Å²) in [6, 6.07) is 9.81. The average Bonchev–Trinajstić information content (AvgIpc) is 3.15. The molecular weight excluding hydrogens is 278 g/mol. The molecule has 0 saturated carbocycles. The fraction of sp³-hybridized carbons (Fsp3) is 0.0833. The molecule has 0 atom stereocenters. The Labute approximate surface area is 117 Å². The van der Waals surface area contributed by atoms with Gasteiger partial charge in [-0.1, -0.05) is 12.1 Å². The maximum absolute atomic E-state index is 10.7. The molecule has 0 amide bonds. The van der Waals surface area contributed by atoms with E-state index in [1.165, 1.54) is 23.9 Å². The lowest BCUT2D eigenvalue weighted by molar-refractivity contribution is -0.401. The molecule has 2 aromatic heterocycles. The molecule has 1 aromatic carbocycles. The fourth-order valence-corrected chi connectivity index (χ4v) is 1.85. The van der Waals surface area contributed by atoms with Gasteiger partial charge in [-0.05, 0) is 28.6 Å². The number of nitrogens with zero attached hydrogens (tertiary/aromatic N) is 5. The summed E-state index contributed by atoms with van der Waals surface area (Å²) < 4.78 is 11.8. The SMILES string of the molecule is COc1ccccc1-n1nnnc1-c1ccc([N+](=O)[O-])o1. The van der Waals surface area contributed by atoms with Crippen molar-refractivity contribution in [1.29, 1.82) is 0 Å². The minimum Gasteiger partial charge on any atom is -0.494 e. The monoisotopic (exact) mass is 287 g/mol. The molecule has 0 bridgehead atoms. The molecule has 3 rings (SSSR count). The zero-order chi connectivity index (χ0) is 14.8. The lowest BCUT2D eigenvalue weighted by atomic mass is 10.3. The molecule has 3 aromatic rings. The van der Waals surface area contributed by atoms with Crippen LogP contribution in [0.25, 0.3) is 17.3 Å². The lowest BCUT2D eigenvalue weighted by Crippen LogP contribution is -2.01. The van der Waals surface area contributed by atoms with Gasteiger partial charge >= 0.3 is 5.88 Å². The van der Waals surface area contributed by atoms with Crippen LogP contribution in [-0.4, -0.2) is 32.2 Å². The summed E-state index contributed by atoms with van der Waals surface area (Å²) in [6.45, 7) is 0. The van der Waals surface area contributed by atoms with E-state index < -0.39 is 4.92 Å². The third kappa shape index (κ3) is 2.20. The van der Waals surface area contributed by atoms with Crippen LogP contribution in [0.2, 0.25) is 0 Å². The summed E-state index contributed by atoms with van der Waals surface area (Å²) >= 11 is 0. The maximum Gasteiger partial charge on any atom is 0.433 e. The Morgan fingerprint density at radius 1 is 1.29 bits per heavy atom. The van der Waals surface area contributed by atoms with Gasteiger partial charge in [-0.3, -0.25) is 10.1 Å². The smallest absolute Gasteiger partial charge is 0.433 e. The summed E-state index contributed by atoms with van der Waals surface area (Å²) in [5.74, 6) is 0.622. The van der Waals surface area contributed by atoms with Crippen LogP contribution in [0, 0.1) is 10.1 Å². The van der Waals surface area contributed by atoms with E-state index in [2.05, 4.69) is 15.5 Å². The first-order valence-electron chi connectivity index (χ1n) is 5.87. The van der Waals surface area contributed by atoms with Crippen LogP contribution in [0.5, 0.6) is 5.75 Å². The number of benzene rings is 1. The number of tetrazole rings is 1. The van der Waals surface area contributed by atoms with Crippen LogP contribution in [0.4, 0.5) is 5.88 Å². The quantitative estimate of drug-likeness (QED) is 0.531. The van der Waals surface area contributed by atoms with Crippen molar-refractivity contribution in [3.05, 3.63) is 46.5 Å². The number of para-hydroxylation sites is 2. The third-order valence-corrected chi connectivity index (χ3v) is 2.78. The number of ether oxygens (including phenoxy) is 1. The third-order valence-electron chi connectivity index (χ3n) is 2.78. The van der Waals surface area contributed by atoms with E-state index >= 15 is 0 Å². The number of rotatable bonds is 4. The Morgan fingerprint density at radius 3 is 2.81 bits per heavy atom. The molecule has 21 heavy (non-hydrogen) atoms. The van der Waals surface area contributed by atoms with Crippen LogP contribution in [-0.2, 0) is 0 Å². The van der Waals surface area contributed by atoms with Gasteiger partial charge in [-0.15, -0.1) is 5.10 Å². The largest absolute Gasteiger partial charge is 0.494 e. The second-order valence-corrected chi connectivity index (χ2v) is 3.98. The second-order valence-electron chi connectivity index (χ2n) is 3.98. The Kier molecular flexibility index (Phi) is 3.07. The van der Waals surface area contributed by atoms with Crippen molar-refractivity contribution < 1.29 is 14.1 Å². The Morgan fingerprint density at radius 2 is 2.10 bits per heavy atom. The standard InChI is InChI=1S/C12H9N5O4/c1-20-9-5-3-2-4-8(9)16-12(13-14-15-16)10-6-7-11(21-10)17(18)19/h2-7H,1H3. The van der Waals surface area contributed by atoms with Gasteiger partial charge in [0.05, 0.1) is 13.2 Å². The zero-order valence-corrected chi connectivity index (χ0v) is 10.8. The van der Waals surface area contributed by atoms with Gasteiger partial charge in [-0.2, -0.15) is 4.68 Å². The molecule has 0 radical (unpaired) electrons. The molecule has 0 N–H and O–H groups in total. The van der Waals surface area contributed by atoms with Gasteiger partial charge in [0.2, 0.25) is 5.82 Å². The summed E-state index contributed by atoms with van der Waals surface area (Å²) in [7, 11) is 1.53. The van der Waals surface area contributed by atoms with Crippen molar-refractivity contribution >= 4 is 5.88 Å². The van der Waals surface area contributed by atoms with E-state index in [1.54, 1.807) is 18.2 Å². The summed E-state index contributed by atoms with van der Waals surface area (Å²) in [6.07, 6.45) is 0. The minimum absolute atomic E-state index is 0.192. The van der Waals surface area contributed by atoms with Crippen molar-refractivity contribution in [3.63, 3.8) is 0 Å². The molecule has 9 heteroatoms. The van der Waals surface area contributed by atoms with Crippen molar-refractivity contribution in [2.45, 2.75) is 0 Å². The molecule has 0 aliphatic carbocycles. The van der Waals surface area contributed by atoms with E-state index in [-0.39, 0.29) is 17.5 Å². The van der Waals surface area contributed by atoms with Crippen LogP contribution in [0.1, 0.15) is 0 Å². The number of methoxy groups -OCH3 is 1. The van der Waals surface area contributed by atoms with Crippen LogP contribution in [0.15, 0.2) is 40.8 Å². The molecule has 2 heterocycles. The van der Waals surface area contributed by atoms with Gasteiger partial charge in [0, 0.05) is 0 Å². The minimum atomic E-state index is -0.624. The van der Waals surface area contributed by atoms with Gasteiger partial charge in [0.15, 0.2) is 5.76 Å². The first-order chi connectivity index (χ1) is 10.2. The highest BCUT2D eigenvalue weighted by molar-refractivity contribution is 5.55. The molecule has 0 spiro atoms. The molecule has 0 fully saturated rings. The second kappa shape index (κ2) is 5.04. The van der Waals surface area contributed by atoms with Gasteiger partial charge in [-0.25, -0.2) is 0 Å². The molecule has 0 aliphatic heterocycles. The summed E-state index contributed by atoms with van der Waals surface area (Å²) in [4.78, 5) is 10.0. The Balaban J connectivity index is 2.10. The topological polar surface area (TPSA) is 109 Å². The van der Waals surface area contributed by atoms with Crippen LogP contribution < -0.4 is 4.74 Å². The molecule has 106 valence electrons. The van der Waals surface area contributed by atoms with Crippen molar-refractivity contribution in [1.82, 2.24) is 20.2 Å². The normalized spacial score (nSPS) is 10.5. The predicted molar refractivity (Wildman–Crippen MR) is 70.1 cm³/mol. The summed E-state index contributed by atoms with van der Waals surface area (Å²) in [5.41, 5.74) is 0.596. The van der Waals surface area contributed by atoms with Gasteiger partial charge < -0.3 is 9.15 Å². The molecule has 9 nitrogen and oxygen atoms in total. The number of aromatic nitrogens is 4. The average molecular weight is 287 g/mol. The Hall–Kier alpha value is -3.23. The van der Waals surface area contributed by atoms with E-state index in [1.807, 2.05) is 6.07 Å². The predicted octanol–water partition coefficient (Wildman–Crippen LogP) is 1.84. The summed E-state index contributed by atoms with van der Waals surface area (Å²) in [5, 5.41) is 22.0. The zero-order valence-electron chi connectivity index (χ0n) is 10.8. The molecule has 0 saturated heterocycles. The highest BCUT2D eigenvalue weighted by Gasteiger charge is 2.20. The van der Waals surface area contributed by atoms with Gasteiger partial charge in [0.1, 0.15) is 16.4 Å². The number of furan rings is 1. The first kappa shape index (κ1) is 12.8. The Bertz CT molecular complexity index is 794. The van der Waals surface area contributed by atoms with E-state index in [0.29, 0.717) is 11.4 Å². The maximum atomic E-state index is 10.7. The lowest BCUT2D eigenvalue weighted by Gasteiger charge is -2.07. The fourth-order valence-electron chi connectivity index (χ4n) is 1.85. The molecular formula is C12H9N5O4. The van der Waals surface area contributed by atoms with E-state index in [0.717, 1.165) is 0 Å². The number of nitro groups is 1. The van der Waals surface area contributed by atoms with E-state index in [4.69, 9.17) is 9.15 Å². The number of hydrogen-bond acceptors (Lipinski definition) is 7. The molecule has 0 aliphatic rings. The van der Waals surface area contributed by atoms with Crippen LogP contribution in [0.3, 0.4) is 0 Å². The van der Waals surface area contributed by atoms with Crippen molar-refractivity contribution in [2.75, 3.05) is 7.11 Å². The number of hydrogen-bond donors (Lipinski definition) is 0. The van der Waals surface area contributed by atoms with Crippen molar-refractivity contribution in [2.24, 2.45) is 0 Å². The van der Waals surface area contributed by atoms with Crippen molar-refractivity contribution in [3.8, 4) is 23.0 Å². The van der Waals surface area contributed by atoms with Gasteiger partial charge in [0.25, 0.3) is 0 Å². The first-order valence-corrected chi connectivity index (χ1v) is 5.87. The molecule has 0 unspecified atom stereocenters. The van der Waals surface area contributed by atoms with E-state index in [9.17, 15) is 10.1 Å².